The number of hydrogen-bond acceptors (Lipinski definition) is 10. The standard InChI is InChI=1S/C22H38O10/c1-21(2,3)15-7-11-17(12-8-15)25-31-29-19(23)27-28-20(24)30-32-26-18-13-9-16(10-14-18)22(4,5)6/h15-18H,7-14H2,1-6H3. The van der Waals surface area contributed by atoms with Gasteiger partial charge in [0.25, 0.3) is 0 Å². The molecule has 0 aliphatic heterocycles. The molecule has 2 aliphatic carbocycles. The molecule has 2 aliphatic rings. The van der Waals surface area contributed by atoms with Crippen molar-refractivity contribution < 1.29 is 49.0 Å². The van der Waals surface area contributed by atoms with Gasteiger partial charge in [-0.1, -0.05) is 41.5 Å². The van der Waals surface area contributed by atoms with E-state index in [2.05, 4.69) is 71.2 Å². The van der Waals surface area contributed by atoms with Crippen molar-refractivity contribution in [3.05, 3.63) is 0 Å². The van der Waals surface area contributed by atoms with Gasteiger partial charge in [-0.3, -0.25) is 0 Å². The van der Waals surface area contributed by atoms with Gasteiger partial charge in [0, 0.05) is 0 Å². The Morgan fingerprint density at radius 3 is 1.12 bits per heavy atom. The molecule has 0 heterocycles. The summed E-state index contributed by atoms with van der Waals surface area (Å²) in [5.41, 5.74) is 0.497. The van der Waals surface area contributed by atoms with E-state index in [0.717, 1.165) is 51.4 Å². The maximum atomic E-state index is 11.4. The van der Waals surface area contributed by atoms with Crippen molar-refractivity contribution in [2.24, 2.45) is 22.7 Å². The van der Waals surface area contributed by atoms with Crippen molar-refractivity contribution in [1.29, 1.82) is 0 Å². The summed E-state index contributed by atoms with van der Waals surface area (Å²) in [5.74, 6) is 1.22. The van der Waals surface area contributed by atoms with Crippen LogP contribution in [0.4, 0.5) is 9.59 Å². The minimum absolute atomic E-state index is 0.184. The van der Waals surface area contributed by atoms with Gasteiger partial charge in [-0.2, -0.15) is 29.1 Å². The van der Waals surface area contributed by atoms with Crippen LogP contribution in [0.25, 0.3) is 0 Å². The second-order valence-corrected chi connectivity index (χ2v) is 10.8. The summed E-state index contributed by atoms with van der Waals surface area (Å²) in [6.45, 7) is 13.3. The first-order valence-electron chi connectivity index (χ1n) is 11.4. The molecule has 0 unspecified atom stereocenters. The Hall–Kier alpha value is -1.62. The lowest BCUT2D eigenvalue weighted by Gasteiger charge is -2.35. The van der Waals surface area contributed by atoms with Gasteiger partial charge in [-0.05, 0) is 84.1 Å². The predicted octanol–water partition coefficient (Wildman–Crippen LogP) is 6.14. The lowest BCUT2D eigenvalue weighted by molar-refractivity contribution is -0.517. The molecule has 2 fully saturated rings. The van der Waals surface area contributed by atoms with Crippen molar-refractivity contribution in [2.75, 3.05) is 0 Å². The third-order valence-corrected chi connectivity index (χ3v) is 6.53. The third kappa shape index (κ3) is 9.48. The Morgan fingerprint density at radius 1 is 0.531 bits per heavy atom. The van der Waals surface area contributed by atoms with Crippen LogP contribution in [0.5, 0.6) is 0 Å². The smallest absolute Gasteiger partial charge is 0.226 e. The van der Waals surface area contributed by atoms with Crippen LogP contribution in [0.15, 0.2) is 0 Å². The van der Waals surface area contributed by atoms with Crippen molar-refractivity contribution in [2.45, 2.75) is 105 Å². The molecule has 0 spiro atoms. The fourth-order valence-corrected chi connectivity index (χ4v) is 4.35. The Balaban J connectivity index is 1.48. The van der Waals surface area contributed by atoms with Crippen LogP contribution < -0.4 is 0 Å². The summed E-state index contributed by atoms with van der Waals surface area (Å²) < 4.78 is 0. The predicted molar refractivity (Wildman–Crippen MR) is 110 cm³/mol. The summed E-state index contributed by atoms with van der Waals surface area (Å²) in [4.78, 5) is 49.4. The molecule has 0 radical (unpaired) electrons. The van der Waals surface area contributed by atoms with E-state index < -0.39 is 12.3 Å². The highest BCUT2D eigenvalue weighted by Crippen LogP contribution is 2.39. The van der Waals surface area contributed by atoms with Gasteiger partial charge in [0.15, 0.2) is 0 Å². The SMILES string of the molecule is CC(C)(C)C1CCC(OOOC(=O)OOC(=O)OOOC2CCC(C(C)(C)C)CC2)CC1. The van der Waals surface area contributed by atoms with Gasteiger partial charge < -0.3 is 0 Å². The molecule has 0 aromatic carbocycles. The lowest BCUT2D eigenvalue weighted by atomic mass is 9.72. The second kappa shape index (κ2) is 12.0. The average Bonchev–Trinajstić information content (AvgIpc) is 2.72. The van der Waals surface area contributed by atoms with Gasteiger partial charge in [0.1, 0.15) is 0 Å². The van der Waals surface area contributed by atoms with E-state index >= 15 is 0 Å². The van der Waals surface area contributed by atoms with Crippen LogP contribution in [-0.2, 0) is 39.4 Å². The van der Waals surface area contributed by atoms with Gasteiger partial charge in [-0.15, -0.1) is 0 Å². The first-order valence-corrected chi connectivity index (χ1v) is 11.4. The zero-order valence-corrected chi connectivity index (χ0v) is 20.0. The summed E-state index contributed by atoms with van der Waals surface area (Å²) in [6, 6.07) is 0. The normalized spacial score (nSPS) is 26.8. The monoisotopic (exact) mass is 462 g/mol. The zero-order valence-electron chi connectivity index (χ0n) is 20.0. The molecular weight excluding hydrogens is 424 g/mol. The number of hydrogen-bond donors (Lipinski definition) is 0. The number of carbonyl (C=O) groups excluding carboxylic acids is 2. The van der Waals surface area contributed by atoms with E-state index in [1.54, 1.807) is 0 Å². The van der Waals surface area contributed by atoms with Gasteiger partial charge in [0.05, 0.1) is 12.2 Å². The molecule has 186 valence electrons. The Morgan fingerprint density at radius 2 is 0.844 bits per heavy atom. The average molecular weight is 463 g/mol. The Kier molecular flexibility index (Phi) is 10.00. The molecule has 0 aromatic heterocycles. The first-order chi connectivity index (χ1) is 14.9. The molecular formula is C22H38O10. The van der Waals surface area contributed by atoms with Crippen LogP contribution in [0, 0.1) is 22.7 Å². The van der Waals surface area contributed by atoms with E-state index in [1.165, 1.54) is 0 Å². The molecule has 32 heavy (non-hydrogen) atoms. The maximum absolute atomic E-state index is 11.4. The van der Waals surface area contributed by atoms with Gasteiger partial charge in [0.2, 0.25) is 0 Å². The molecule has 0 aromatic rings. The highest BCUT2D eigenvalue weighted by molar-refractivity contribution is 5.62. The van der Waals surface area contributed by atoms with Crippen molar-refractivity contribution in [3.63, 3.8) is 0 Å². The molecule has 10 heteroatoms. The molecule has 0 N–H and O–H groups in total. The molecule has 2 saturated carbocycles. The van der Waals surface area contributed by atoms with Crippen LogP contribution in [-0.4, -0.2) is 24.5 Å². The Bertz CT molecular complexity index is 526. The van der Waals surface area contributed by atoms with Crippen molar-refractivity contribution >= 4 is 12.3 Å². The summed E-state index contributed by atoms with van der Waals surface area (Å²) >= 11 is 0. The molecule has 10 nitrogen and oxygen atoms in total. The molecule has 2 rings (SSSR count). The topological polar surface area (TPSA) is 108 Å². The highest BCUT2D eigenvalue weighted by atomic mass is 17.5. The molecule has 0 atom stereocenters. The summed E-state index contributed by atoms with van der Waals surface area (Å²) in [5, 5.41) is 8.84. The van der Waals surface area contributed by atoms with Crippen LogP contribution in [0.2, 0.25) is 0 Å². The minimum atomic E-state index is -1.44. The van der Waals surface area contributed by atoms with Gasteiger partial charge >= 0.3 is 12.3 Å². The first kappa shape index (κ1) is 26.6. The fraction of sp³-hybridized carbons (Fsp3) is 0.909. The zero-order chi connectivity index (χ0) is 23.8. The minimum Gasteiger partial charge on any atom is -0.226 e. The summed E-state index contributed by atoms with van der Waals surface area (Å²) in [7, 11) is 0. The van der Waals surface area contributed by atoms with Crippen molar-refractivity contribution in [1.82, 2.24) is 0 Å². The molecule has 0 bridgehead atoms. The third-order valence-electron chi connectivity index (χ3n) is 6.53. The van der Waals surface area contributed by atoms with E-state index in [9.17, 15) is 9.59 Å². The second-order valence-electron chi connectivity index (χ2n) is 10.8. The van der Waals surface area contributed by atoms with E-state index in [1.807, 2.05) is 0 Å². The number of carbonyl (C=O) groups is 2. The quantitative estimate of drug-likeness (QED) is 0.337. The van der Waals surface area contributed by atoms with Crippen LogP contribution >= 0.6 is 0 Å². The van der Waals surface area contributed by atoms with E-state index in [4.69, 9.17) is 9.78 Å². The Labute approximate surface area is 189 Å². The van der Waals surface area contributed by atoms with Crippen LogP contribution in [0.1, 0.15) is 92.9 Å². The van der Waals surface area contributed by atoms with E-state index in [0.29, 0.717) is 11.8 Å². The fourth-order valence-electron chi connectivity index (χ4n) is 4.35. The highest BCUT2D eigenvalue weighted by Gasteiger charge is 2.32. The molecule has 0 amide bonds. The summed E-state index contributed by atoms with van der Waals surface area (Å²) in [6.07, 6.45) is 3.90. The van der Waals surface area contributed by atoms with Gasteiger partial charge in [-0.25, -0.2) is 9.78 Å². The molecule has 0 saturated heterocycles. The lowest BCUT2D eigenvalue weighted by Crippen LogP contribution is -2.29. The maximum Gasteiger partial charge on any atom is 0.584 e. The van der Waals surface area contributed by atoms with E-state index in [-0.39, 0.29) is 23.0 Å². The van der Waals surface area contributed by atoms with Crippen molar-refractivity contribution in [3.8, 4) is 0 Å². The largest absolute Gasteiger partial charge is 0.584 e. The van der Waals surface area contributed by atoms with Crippen LogP contribution in [0.3, 0.4) is 0 Å². The number of rotatable bonds is 6.